The number of anilines is 3. The molecule has 2 nitrogen and oxygen atoms in total. The van der Waals surface area contributed by atoms with Crippen molar-refractivity contribution < 1.29 is 4.42 Å². The largest absolute Gasteiger partial charge is 0.456 e. The third-order valence-electron chi connectivity index (χ3n) is 12.2. The Balaban J connectivity index is 0.959. The predicted octanol–water partition coefficient (Wildman–Crippen LogP) is 16.7. The Morgan fingerprint density at radius 2 is 0.733 bits per heavy atom. The van der Waals surface area contributed by atoms with Crippen molar-refractivity contribution in [2.45, 2.75) is 0 Å². The summed E-state index contributed by atoms with van der Waals surface area (Å²) in [6.07, 6.45) is 0. The first-order chi connectivity index (χ1) is 29.7. The molecule has 0 amide bonds. The van der Waals surface area contributed by atoms with E-state index in [0.717, 1.165) is 50.1 Å². The fourth-order valence-electron chi connectivity index (χ4n) is 9.34. The molecule has 0 aliphatic carbocycles. The highest BCUT2D eigenvalue weighted by Gasteiger charge is 2.17. The van der Waals surface area contributed by atoms with E-state index in [1.807, 2.05) is 12.1 Å². The molecule has 0 N–H and O–H groups in total. The Morgan fingerprint density at radius 3 is 1.42 bits per heavy atom. The zero-order valence-corrected chi connectivity index (χ0v) is 32.7. The van der Waals surface area contributed by atoms with Crippen molar-refractivity contribution in [3.05, 3.63) is 224 Å². The van der Waals surface area contributed by atoms with Crippen LogP contribution in [0.3, 0.4) is 0 Å². The fourth-order valence-corrected chi connectivity index (χ4v) is 9.34. The van der Waals surface area contributed by atoms with Crippen LogP contribution in [0.5, 0.6) is 0 Å². The van der Waals surface area contributed by atoms with Crippen LogP contribution >= 0.6 is 0 Å². The number of benzene rings is 11. The maximum Gasteiger partial charge on any atom is 0.136 e. The molecule has 0 atom stereocenters. The predicted molar refractivity (Wildman–Crippen MR) is 255 cm³/mol. The lowest BCUT2D eigenvalue weighted by Gasteiger charge is -2.26. The molecule has 280 valence electrons. The van der Waals surface area contributed by atoms with E-state index in [1.54, 1.807) is 0 Å². The van der Waals surface area contributed by atoms with Crippen molar-refractivity contribution in [2.75, 3.05) is 4.90 Å². The van der Waals surface area contributed by atoms with E-state index in [2.05, 4.69) is 217 Å². The number of rotatable bonds is 6. The van der Waals surface area contributed by atoms with Gasteiger partial charge in [-0.15, -0.1) is 0 Å². The van der Waals surface area contributed by atoms with Crippen molar-refractivity contribution in [3.8, 4) is 33.4 Å². The Morgan fingerprint density at radius 1 is 0.250 bits per heavy atom. The van der Waals surface area contributed by atoms with Crippen molar-refractivity contribution in [2.24, 2.45) is 0 Å². The van der Waals surface area contributed by atoms with E-state index in [-0.39, 0.29) is 0 Å². The van der Waals surface area contributed by atoms with Crippen molar-refractivity contribution >= 4 is 82.1 Å². The summed E-state index contributed by atoms with van der Waals surface area (Å²) in [7, 11) is 0. The zero-order valence-electron chi connectivity index (χ0n) is 32.7. The van der Waals surface area contributed by atoms with Crippen LogP contribution in [0.1, 0.15) is 0 Å². The Bertz CT molecular complexity index is 3560. The first-order valence-corrected chi connectivity index (χ1v) is 20.6. The normalized spacial score (nSPS) is 11.7. The first-order valence-electron chi connectivity index (χ1n) is 20.6. The molecule has 2 heteroatoms. The summed E-state index contributed by atoms with van der Waals surface area (Å²) in [4.78, 5) is 2.37. The van der Waals surface area contributed by atoms with Gasteiger partial charge in [0.25, 0.3) is 0 Å². The molecule has 12 aromatic rings. The lowest BCUT2D eigenvalue weighted by molar-refractivity contribution is 0.669. The summed E-state index contributed by atoms with van der Waals surface area (Å²) in [5.74, 6) is 0. The van der Waals surface area contributed by atoms with E-state index in [0.29, 0.717) is 0 Å². The smallest absolute Gasteiger partial charge is 0.136 e. The minimum absolute atomic E-state index is 0.901. The quantitative estimate of drug-likeness (QED) is 0.157. The van der Waals surface area contributed by atoms with Crippen LogP contribution in [0.15, 0.2) is 229 Å². The van der Waals surface area contributed by atoms with Gasteiger partial charge in [0, 0.05) is 27.8 Å². The summed E-state index contributed by atoms with van der Waals surface area (Å²) in [5.41, 5.74) is 12.1. The van der Waals surface area contributed by atoms with Gasteiger partial charge >= 0.3 is 0 Å². The van der Waals surface area contributed by atoms with Gasteiger partial charge in [0.15, 0.2) is 0 Å². The molecule has 0 fully saturated rings. The summed E-state index contributed by atoms with van der Waals surface area (Å²) in [6, 6.07) is 81.3. The summed E-state index contributed by atoms with van der Waals surface area (Å²) >= 11 is 0. The topological polar surface area (TPSA) is 16.4 Å². The van der Waals surface area contributed by atoms with Gasteiger partial charge in [-0.2, -0.15) is 0 Å². The minimum atomic E-state index is 0.901. The summed E-state index contributed by atoms with van der Waals surface area (Å²) in [5, 5.41) is 12.5. The molecule has 1 heterocycles. The van der Waals surface area contributed by atoms with Crippen LogP contribution in [0, 0.1) is 0 Å². The van der Waals surface area contributed by atoms with Crippen LogP contribution in [-0.2, 0) is 0 Å². The molecule has 0 saturated heterocycles. The maximum atomic E-state index is 6.26. The zero-order chi connectivity index (χ0) is 39.6. The number of fused-ring (bicyclic) bond motifs is 10. The number of hydrogen-bond donors (Lipinski definition) is 0. The molecule has 0 saturated carbocycles. The van der Waals surface area contributed by atoms with E-state index in [4.69, 9.17) is 4.42 Å². The SMILES string of the molecule is c1cc(-c2cccc3ccccc23)cc(N(c2ccc(-c3ccc4c(c3)oc3ccccc34)cc2)c2ccc(-c3ccc4c5ccccc5c5ccccc5c4c3)cc2)c1. The standard InChI is InChI=1S/C58H37NO/c1-2-15-47-40(11-1)12-10-21-48(47)43-13-9-14-46(35-43)59(45-31-25-39(26-32-45)42-28-34-55-54-20-7-8-22-57(54)60-58(55)37-42)44-29-23-38(24-30-44)41-27-33-53-51-18-4-3-16-49(51)50-17-5-6-19-52(50)56(53)36-41/h1-37H. The Kier molecular flexibility index (Phi) is 7.89. The van der Waals surface area contributed by atoms with Crippen molar-refractivity contribution in [1.29, 1.82) is 0 Å². The second-order valence-corrected chi connectivity index (χ2v) is 15.7. The van der Waals surface area contributed by atoms with Crippen LogP contribution in [0.4, 0.5) is 17.1 Å². The van der Waals surface area contributed by atoms with Crippen molar-refractivity contribution in [3.63, 3.8) is 0 Å². The van der Waals surface area contributed by atoms with Gasteiger partial charge in [-0.25, -0.2) is 0 Å². The number of para-hydroxylation sites is 1. The lowest BCUT2D eigenvalue weighted by atomic mass is 9.92. The Labute approximate surface area is 347 Å². The molecular weight excluding hydrogens is 727 g/mol. The van der Waals surface area contributed by atoms with E-state index >= 15 is 0 Å². The molecule has 0 radical (unpaired) electrons. The highest BCUT2D eigenvalue weighted by atomic mass is 16.3. The third kappa shape index (κ3) is 5.65. The molecule has 0 bridgehead atoms. The fraction of sp³-hybridized carbons (Fsp3) is 0. The average Bonchev–Trinajstić information content (AvgIpc) is 3.70. The number of furan rings is 1. The van der Waals surface area contributed by atoms with E-state index < -0.39 is 0 Å². The molecule has 0 aliphatic rings. The van der Waals surface area contributed by atoms with Gasteiger partial charge < -0.3 is 9.32 Å². The second-order valence-electron chi connectivity index (χ2n) is 15.7. The van der Waals surface area contributed by atoms with Crippen LogP contribution < -0.4 is 4.90 Å². The Hall–Kier alpha value is -7.94. The van der Waals surface area contributed by atoms with Gasteiger partial charge in [0.2, 0.25) is 0 Å². The first kappa shape index (κ1) is 34.1. The molecule has 60 heavy (non-hydrogen) atoms. The van der Waals surface area contributed by atoms with Crippen LogP contribution in [-0.4, -0.2) is 0 Å². The molecule has 0 unspecified atom stereocenters. The highest BCUT2D eigenvalue weighted by molar-refractivity contribution is 6.25. The third-order valence-corrected chi connectivity index (χ3v) is 12.2. The molecule has 11 aromatic carbocycles. The molecule has 0 spiro atoms. The molecule has 0 aliphatic heterocycles. The lowest BCUT2D eigenvalue weighted by Crippen LogP contribution is -2.10. The van der Waals surface area contributed by atoms with Gasteiger partial charge in [0.1, 0.15) is 11.2 Å². The van der Waals surface area contributed by atoms with Gasteiger partial charge in [0.05, 0.1) is 0 Å². The molecule has 12 rings (SSSR count). The van der Waals surface area contributed by atoms with Crippen LogP contribution in [0.2, 0.25) is 0 Å². The second kappa shape index (κ2) is 13.9. The maximum absolute atomic E-state index is 6.26. The van der Waals surface area contributed by atoms with E-state index in [9.17, 15) is 0 Å². The summed E-state index contributed by atoms with van der Waals surface area (Å²) in [6.45, 7) is 0. The van der Waals surface area contributed by atoms with Gasteiger partial charge in [-0.3, -0.25) is 0 Å². The average molecular weight is 764 g/mol. The van der Waals surface area contributed by atoms with Crippen molar-refractivity contribution in [1.82, 2.24) is 0 Å². The highest BCUT2D eigenvalue weighted by Crippen LogP contribution is 2.41. The van der Waals surface area contributed by atoms with Gasteiger partial charge in [-0.05, 0) is 137 Å². The van der Waals surface area contributed by atoms with E-state index in [1.165, 1.54) is 65.3 Å². The molecular formula is C58H37NO. The number of nitrogens with zero attached hydrogens (tertiary/aromatic N) is 1. The minimum Gasteiger partial charge on any atom is -0.456 e. The van der Waals surface area contributed by atoms with Crippen LogP contribution in [0.25, 0.3) is 98.4 Å². The van der Waals surface area contributed by atoms with Gasteiger partial charge in [-0.1, -0.05) is 164 Å². The monoisotopic (exact) mass is 763 g/mol. The summed E-state index contributed by atoms with van der Waals surface area (Å²) < 4.78 is 6.26. The number of hydrogen-bond acceptors (Lipinski definition) is 2. The molecule has 1 aromatic heterocycles.